The molecular weight excluding hydrogens is 346 g/mol. The molecule has 8 nitrogen and oxygen atoms in total. The predicted molar refractivity (Wildman–Crippen MR) is 96.6 cm³/mol. The fourth-order valence-electron chi connectivity index (χ4n) is 2.66. The predicted octanol–water partition coefficient (Wildman–Crippen LogP) is 1.37. The van der Waals surface area contributed by atoms with E-state index in [9.17, 15) is 14.9 Å². The van der Waals surface area contributed by atoms with Crippen molar-refractivity contribution in [2.75, 3.05) is 38.8 Å². The third-order valence-corrected chi connectivity index (χ3v) is 5.06. The maximum Gasteiger partial charge on any atom is 0.276 e. The van der Waals surface area contributed by atoms with E-state index in [-0.39, 0.29) is 17.6 Å². The van der Waals surface area contributed by atoms with E-state index >= 15 is 0 Å². The van der Waals surface area contributed by atoms with Gasteiger partial charge in [0.1, 0.15) is 0 Å². The number of nitrogens with zero attached hydrogens (tertiary/aromatic N) is 1. The quantitative estimate of drug-likeness (QED) is 0.527. The van der Waals surface area contributed by atoms with E-state index in [0.29, 0.717) is 36.4 Å². The average molecular weight is 369 g/mol. The highest BCUT2D eigenvalue weighted by molar-refractivity contribution is 7.99. The summed E-state index contributed by atoms with van der Waals surface area (Å²) in [6.45, 7) is 1.25. The lowest BCUT2D eigenvalue weighted by atomic mass is 10.1. The van der Waals surface area contributed by atoms with Crippen LogP contribution in [-0.2, 0) is 11.2 Å². The van der Waals surface area contributed by atoms with Crippen LogP contribution in [0.5, 0.6) is 11.5 Å². The fourth-order valence-corrected chi connectivity index (χ4v) is 3.61. The molecule has 1 fully saturated rings. The second-order valence-corrected chi connectivity index (χ2v) is 6.77. The van der Waals surface area contributed by atoms with Crippen molar-refractivity contribution in [1.29, 1.82) is 0 Å². The van der Waals surface area contributed by atoms with Crippen LogP contribution in [0.25, 0.3) is 0 Å². The number of hydrogen-bond acceptors (Lipinski definition) is 7. The molecule has 1 atom stereocenters. The first-order chi connectivity index (χ1) is 12.0. The summed E-state index contributed by atoms with van der Waals surface area (Å²) in [7, 11) is 2.91. The van der Waals surface area contributed by atoms with Crippen molar-refractivity contribution < 1.29 is 19.2 Å². The zero-order chi connectivity index (χ0) is 18.2. The molecule has 0 aromatic heterocycles. The van der Waals surface area contributed by atoms with E-state index in [1.165, 1.54) is 20.3 Å². The van der Waals surface area contributed by atoms with Crippen LogP contribution in [0, 0.1) is 10.1 Å². The van der Waals surface area contributed by atoms with Crippen molar-refractivity contribution in [2.24, 2.45) is 0 Å². The van der Waals surface area contributed by atoms with Crippen molar-refractivity contribution in [3.8, 4) is 11.5 Å². The summed E-state index contributed by atoms with van der Waals surface area (Å²) >= 11 is 1.84. The Morgan fingerprint density at radius 2 is 2.12 bits per heavy atom. The van der Waals surface area contributed by atoms with Crippen LogP contribution in [0.1, 0.15) is 12.0 Å². The molecule has 0 bridgehead atoms. The normalized spacial score (nSPS) is 17.0. The number of amides is 1. The van der Waals surface area contributed by atoms with Crippen LogP contribution in [0.4, 0.5) is 5.69 Å². The molecule has 0 aliphatic carbocycles. The van der Waals surface area contributed by atoms with Gasteiger partial charge in [0, 0.05) is 42.6 Å². The number of thioether (sulfide) groups is 1. The molecule has 2 N–H and O–H groups in total. The molecule has 2 rings (SSSR count). The largest absolute Gasteiger partial charge is 0.493 e. The van der Waals surface area contributed by atoms with Crippen molar-refractivity contribution in [3.05, 3.63) is 27.8 Å². The van der Waals surface area contributed by atoms with Gasteiger partial charge >= 0.3 is 0 Å². The lowest BCUT2D eigenvalue weighted by molar-refractivity contribution is -0.385. The molecule has 0 saturated carbocycles. The number of nitrogens with one attached hydrogen (secondary N) is 2. The molecule has 1 heterocycles. The van der Waals surface area contributed by atoms with Gasteiger partial charge < -0.3 is 20.1 Å². The Morgan fingerprint density at radius 3 is 2.72 bits per heavy atom. The third kappa shape index (κ3) is 5.50. The Bertz CT molecular complexity index is 620. The van der Waals surface area contributed by atoms with Crippen LogP contribution in [0.15, 0.2) is 12.1 Å². The fraction of sp³-hybridized carbons (Fsp3) is 0.562. The van der Waals surface area contributed by atoms with Crippen LogP contribution in [-0.4, -0.2) is 55.7 Å². The van der Waals surface area contributed by atoms with Gasteiger partial charge in [-0.1, -0.05) is 0 Å². The van der Waals surface area contributed by atoms with Gasteiger partial charge in [0.25, 0.3) is 5.69 Å². The zero-order valence-electron chi connectivity index (χ0n) is 14.4. The van der Waals surface area contributed by atoms with Gasteiger partial charge in [-0.15, -0.1) is 0 Å². The summed E-state index contributed by atoms with van der Waals surface area (Å²) in [5, 5.41) is 17.4. The SMILES string of the molecule is COc1cc(CCNC(=O)CC2CSCCN2)c([N+](=O)[O-])cc1OC. The number of hydrogen-bond donors (Lipinski definition) is 2. The smallest absolute Gasteiger partial charge is 0.276 e. The minimum Gasteiger partial charge on any atom is -0.493 e. The Morgan fingerprint density at radius 1 is 1.40 bits per heavy atom. The lowest BCUT2D eigenvalue weighted by Crippen LogP contribution is -2.41. The molecule has 9 heteroatoms. The number of carbonyl (C=O) groups excluding carboxylic acids is 1. The first-order valence-corrected chi connectivity index (χ1v) is 9.17. The van der Waals surface area contributed by atoms with E-state index < -0.39 is 4.92 Å². The number of nitro benzene ring substituents is 1. The first kappa shape index (κ1) is 19.3. The molecule has 25 heavy (non-hydrogen) atoms. The van der Waals surface area contributed by atoms with Crippen molar-refractivity contribution >= 4 is 23.4 Å². The summed E-state index contributed by atoms with van der Waals surface area (Å²) in [5.41, 5.74) is 0.451. The molecule has 1 aromatic rings. The Kier molecular flexibility index (Phi) is 7.32. The molecule has 1 unspecified atom stereocenters. The topological polar surface area (TPSA) is 103 Å². The monoisotopic (exact) mass is 369 g/mol. The molecular formula is C16H23N3O5S. The number of nitro groups is 1. The standard InChI is InChI=1S/C16H23N3O5S/c1-23-14-7-11(13(19(21)22)9-15(14)24-2)3-4-18-16(20)8-12-10-25-6-5-17-12/h7,9,12,17H,3-6,8,10H2,1-2H3,(H,18,20). The van der Waals surface area contributed by atoms with Crippen LogP contribution in [0.3, 0.4) is 0 Å². The number of methoxy groups -OCH3 is 2. The third-order valence-electron chi connectivity index (χ3n) is 3.93. The Hall–Kier alpha value is -2.00. The van der Waals surface area contributed by atoms with Crippen LogP contribution < -0.4 is 20.1 Å². The summed E-state index contributed by atoms with van der Waals surface area (Å²) in [6, 6.07) is 3.12. The Balaban J connectivity index is 1.94. The molecule has 0 radical (unpaired) electrons. The summed E-state index contributed by atoms with van der Waals surface area (Å²) < 4.78 is 10.3. The van der Waals surface area contributed by atoms with Crippen LogP contribution in [0.2, 0.25) is 0 Å². The lowest BCUT2D eigenvalue weighted by Gasteiger charge is -2.22. The van der Waals surface area contributed by atoms with E-state index in [1.54, 1.807) is 6.07 Å². The number of benzene rings is 1. The molecule has 1 aliphatic heterocycles. The maximum absolute atomic E-state index is 12.0. The molecule has 1 amide bonds. The Labute approximate surface area is 150 Å². The number of rotatable bonds is 8. The van der Waals surface area contributed by atoms with E-state index in [1.807, 2.05) is 11.8 Å². The van der Waals surface area contributed by atoms with Gasteiger partial charge in [-0.3, -0.25) is 14.9 Å². The second kappa shape index (κ2) is 9.47. The molecule has 1 aromatic carbocycles. The average Bonchev–Trinajstić information content (AvgIpc) is 2.61. The van der Waals surface area contributed by atoms with Crippen molar-refractivity contribution in [3.63, 3.8) is 0 Å². The highest BCUT2D eigenvalue weighted by Gasteiger charge is 2.20. The minimum absolute atomic E-state index is 0.0442. The number of carbonyl (C=O) groups is 1. The van der Waals surface area contributed by atoms with Gasteiger partial charge in [0.05, 0.1) is 25.2 Å². The van der Waals surface area contributed by atoms with Gasteiger partial charge in [0.2, 0.25) is 5.91 Å². The molecule has 1 aliphatic rings. The van der Waals surface area contributed by atoms with Gasteiger partial charge in [-0.25, -0.2) is 0 Å². The molecule has 138 valence electrons. The summed E-state index contributed by atoms with van der Waals surface area (Å²) in [5.74, 6) is 2.68. The van der Waals surface area contributed by atoms with E-state index in [4.69, 9.17) is 9.47 Å². The summed E-state index contributed by atoms with van der Waals surface area (Å²) in [6.07, 6.45) is 0.760. The maximum atomic E-state index is 12.0. The minimum atomic E-state index is -0.456. The van der Waals surface area contributed by atoms with Gasteiger partial charge in [-0.05, 0) is 12.5 Å². The van der Waals surface area contributed by atoms with Gasteiger partial charge in [0.15, 0.2) is 11.5 Å². The van der Waals surface area contributed by atoms with Gasteiger partial charge in [-0.2, -0.15) is 11.8 Å². The van der Waals surface area contributed by atoms with E-state index in [0.717, 1.165) is 18.1 Å². The summed E-state index contributed by atoms with van der Waals surface area (Å²) in [4.78, 5) is 22.8. The van der Waals surface area contributed by atoms with Crippen molar-refractivity contribution in [1.82, 2.24) is 10.6 Å². The van der Waals surface area contributed by atoms with Crippen molar-refractivity contribution in [2.45, 2.75) is 18.9 Å². The van der Waals surface area contributed by atoms with E-state index in [2.05, 4.69) is 10.6 Å². The molecule has 0 spiro atoms. The first-order valence-electron chi connectivity index (χ1n) is 8.02. The van der Waals surface area contributed by atoms with Crippen LogP contribution >= 0.6 is 11.8 Å². The second-order valence-electron chi connectivity index (χ2n) is 5.62. The zero-order valence-corrected chi connectivity index (χ0v) is 15.2. The highest BCUT2D eigenvalue weighted by atomic mass is 32.2. The highest BCUT2D eigenvalue weighted by Crippen LogP contribution is 2.34. The number of ether oxygens (including phenoxy) is 2. The molecule has 1 saturated heterocycles.